The smallest absolute Gasteiger partial charge is 0.254 e. The molecule has 1 aromatic carbocycles. The van der Waals surface area contributed by atoms with E-state index in [0.717, 1.165) is 22.2 Å². The lowest BCUT2D eigenvalue weighted by Gasteiger charge is -2.18. The van der Waals surface area contributed by atoms with Gasteiger partial charge in [-0.2, -0.15) is 0 Å². The summed E-state index contributed by atoms with van der Waals surface area (Å²) in [6, 6.07) is 11.2. The van der Waals surface area contributed by atoms with E-state index in [2.05, 4.69) is 9.97 Å². The molecule has 0 aliphatic heterocycles. The maximum Gasteiger partial charge on any atom is 0.254 e. The van der Waals surface area contributed by atoms with Gasteiger partial charge in [0.1, 0.15) is 5.75 Å². The molecule has 0 saturated carbocycles. The Hall–Kier alpha value is -2.95. The van der Waals surface area contributed by atoms with Crippen molar-refractivity contribution in [1.29, 1.82) is 0 Å². The highest BCUT2D eigenvalue weighted by atomic mass is 16.5. The Bertz CT molecular complexity index is 843. The predicted octanol–water partition coefficient (Wildman–Crippen LogP) is 2.91. The summed E-state index contributed by atoms with van der Waals surface area (Å²) in [6.07, 6.45) is 4.99. The summed E-state index contributed by atoms with van der Waals surface area (Å²) < 4.78 is 5.22. The number of hydrogen-bond acceptors (Lipinski definition) is 4. The molecule has 0 aliphatic rings. The van der Waals surface area contributed by atoms with Crippen molar-refractivity contribution in [1.82, 2.24) is 14.9 Å². The van der Waals surface area contributed by atoms with E-state index < -0.39 is 0 Å². The highest BCUT2D eigenvalue weighted by molar-refractivity contribution is 6.05. The third kappa shape index (κ3) is 3.13. The third-order valence-electron chi connectivity index (χ3n) is 3.67. The van der Waals surface area contributed by atoms with E-state index in [1.807, 2.05) is 24.3 Å². The number of fused-ring (bicyclic) bond motifs is 1. The average Bonchev–Trinajstić information content (AvgIpc) is 2.60. The Morgan fingerprint density at radius 3 is 2.91 bits per heavy atom. The first kappa shape index (κ1) is 15.0. The van der Waals surface area contributed by atoms with Gasteiger partial charge < -0.3 is 9.64 Å². The van der Waals surface area contributed by atoms with Crippen molar-refractivity contribution in [2.45, 2.75) is 6.54 Å². The largest absolute Gasteiger partial charge is 0.497 e. The number of benzene rings is 1. The maximum absolute atomic E-state index is 12.8. The van der Waals surface area contributed by atoms with E-state index in [1.165, 1.54) is 0 Å². The second kappa shape index (κ2) is 6.44. The van der Waals surface area contributed by atoms with Crippen LogP contribution in [0.2, 0.25) is 0 Å². The fourth-order valence-electron chi connectivity index (χ4n) is 2.50. The van der Waals surface area contributed by atoms with Crippen molar-refractivity contribution >= 4 is 16.8 Å². The number of carbonyl (C=O) groups excluding carboxylic acids is 1. The van der Waals surface area contributed by atoms with Gasteiger partial charge in [-0.25, -0.2) is 0 Å². The highest BCUT2D eigenvalue weighted by Gasteiger charge is 2.15. The summed E-state index contributed by atoms with van der Waals surface area (Å²) in [5.41, 5.74) is 2.38. The average molecular weight is 307 g/mol. The van der Waals surface area contributed by atoms with Crippen LogP contribution in [0, 0.1) is 0 Å². The van der Waals surface area contributed by atoms with E-state index in [-0.39, 0.29) is 5.91 Å². The molecule has 0 unspecified atom stereocenters. The highest BCUT2D eigenvalue weighted by Crippen LogP contribution is 2.19. The van der Waals surface area contributed by atoms with Crippen LogP contribution in [0.25, 0.3) is 10.9 Å². The number of hydrogen-bond donors (Lipinski definition) is 0. The number of aromatic nitrogens is 2. The Morgan fingerprint density at radius 2 is 2.09 bits per heavy atom. The van der Waals surface area contributed by atoms with Crippen LogP contribution in [0.4, 0.5) is 0 Å². The lowest BCUT2D eigenvalue weighted by Crippen LogP contribution is -2.26. The Morgan fingerprint density at radius 1 is 1.22 bits per heavy atom. The summed E-state index contributed by atoms with van der Waals surface area (Å²) in [7, 11) is 3.41. The summed E-state index contributed by atoms with van der Waals surface area (Å²) in [4.78, 5) is 22.8. The number of carbonyl (C=O) groups is 1. The normalized spacial score (nSPS) is 10.5. The molecule has 1 amide bonds. The van der Waals surface area contributed by atoms with Crippen LogP contribution in [-0.4, -0.2) is 34.9 Å². The standard InChI is InChI=1S/C18H17N3O2/c1-21(12-13-4-3-5-14(10-13)23-2)18(22)15-6-9-20-17-7-8-19-11-16(15)17/h3-11H,12H2,1-2H3. The van der Waals surface area contributed by atoms with Gasteiger partial charge in [0.05, 0.1) is 18.2 Å². The zero-order chi connectivity index (χ0) is 16.2. The molecule has 116 valence electrons. The molecule has 0 radical (unpaired) electrons. The molecular weight excluding hydrogens is 290 g/mol. The molecule has 5 heteroatoms. The first-order valence-corrected chi connectivity index (χ1v) is 7.26. The van der Waals surface area contributed by atoms with Crippen LogP contribution in [0.15, 0.2) is 55.0 Å². The van der Waals surface area contributed by atoms with Crippen LogP contribution < -0.4 is 4.74 Å². The van der Waals surface area contributed by atoms with Gasteiger partial charge >= 0.3 is 0 Å². The third-order valence-corrected chi connectivity index (χ3v) is 3.67. The van der Waals surface area contributed by atoms with Crippen molar-refractivity contribution < 1.29 is 9.53 Å². The molecular formula is C18H17N3O2. The fourth-order valence-corrected chi connectivity index (χ4v) is 2.50. The number of rotatable bonds is 4. The van der Waals surface area contributed by atoms with Gasteiger partial charge in [-0.1, -0.05) is 12.1 Å². The lowest BCUT2D eigenvalue weighted by atomic mass is 10.1. The molecule has 0 aliphatic carbocycles. The topological polar surface area (TPSA) is 55.3 Å². The van der Waals surface area contributed by atoms with Crippen molar-refractivity contribution in [3.63, 3.8) is 0 Å². The van der Waals surface area contributed by atoms with Gasteiger partial charge in [-0.05, 0) is 29.8 Å². The van der Waals surface area contributed by atoms with Gasteiger partial charge in [0.15, 0.2) is 0 Å². The molecule has 23 heavy (non-hydrogen) atoms. The van der Waals surface area contributed by atoms with Gasteiger partial charge in [0, 0.05) is 37.6 Å². The number of amides is 1. The van der Waals surface area contributed by atoms with Crippen molar-refractivity contribution in [3.05, 3.63) is 66.1 Å². The molecule has 3 rings (SSSR count). The van der Waals surface area contributed by atoms with Gasteiger partial charge in [0.25, 0.3) is 5.91 Å². The number of methoxy groups -OCH3 is 1. The van der Waals surface area contributed by atoms with E-state index in [9.17, 15) is 4.79 Å². The molecule has 0 atom stereocenters. The van der Waals surface area contributed by atoms with Crippen molar-refractivity contribution in [3.8, 4) is 5.75 Å². The summed E-state index contributed by atoms with van der Waals surface area (Å²) in [5, 5.41) is 0.762. The van der Waals surface area contributed by atoms with Crippen LogP contribution >= 0.6 is 0 Å². The zero-order valence-corrected chi connectivity index (χ0v) is 13.1. The zero-order valence-electron chi connectivity index (χ0n) is 13.1. The van der Waals surface area contributed by atoms with E-state index in [4.69, 9.17) is 4.74 Å². The molecule has 2 heterocycles. The monoisotopic (exact) mass is 307 g/mol. The first-order valence-electron chi connectivity index (χ1n) is 7.26. The van der Waals surface area contributed by atoms with Crippen molar-refractivity contribution in [2.75, 3.05) is 14.2 Å². The van der Waals surface area contributed by atoms with Gasteiger partial charge in [-0.15, -0.1) is 0 Å². The van der Waals surface area contributed by atoms with Crippen LogP contribution in [0.1, 0.15) is 15.9 Å². The minimum Gasteiger partial charge on any atom is -0.497 e. The maximum atomic E-state index is 12.8. The molecule has 2 aromatic heterocycles. The number of nitrogens with zero attached hydrogens (tertiary/aromatic N) is 3. The fraction of sp³-hybridized carbons (Fsp3) is 0.167. The van der Waals surface area contributed by atoms with Crippen LogP contribution in [0.5, 0.6) is 5.75 Å². The SMILES string of the molecule is COc1cccc(CN(C)C(=O)c2ccnc3ccncc23)c1. The Labute approximate surface area is 134 Å². The van der Waals surface area contributed by atoms with Crippen molar-refractivity contribution in [2.24, 2.45) is 0 Å². The molecule has 0 spiro atoms. The molecule has 0 N–H and O–H groups in total. The van der Waals surface area contributed by atoms with Crippen LogP contribution in [-0.2, 0) is 6.54 Å². The minimum atomic E-state index is -0.0618. The minimum absolute atomic E-state index is 0.0618. The predicted molar refractivity (Wildman–Crippen MR) is 88.3 cm³/mol. The lowest BCUT2D eigenvalue weighted by molar-refractivity contribution is 0.0787. The number of pyridine rings is 2. The summed E-state index contributed by atoms with van der Waals surface area (Å²) >= 11 is 0. The van der Waals surface area contributed by atoms with Crippen LogP contribution in [0.3, 0.4) is 0 Å². The first-order chi connectivity index (χ1) is 11.2. The van der Waals surface area contributed by atoms with E-state index in [1.54, 1.807) is 49.8 Å². The van der Waals surface area contributed by atoms with E-state index >= 15 is 0 Å². The molecule has 5 nitrogen and oxygen atoms in total. The molecule has 3 aromatic rings. The number of ether oxygens (including phenoxy) is 1. The molecule has 0 fully saturated rings. The summed E-state index contributed by atoms with van der Waals surface area (Å²) in [5.74, 6) is 0.718. The second-order valence-corrected chi connectivity index (χ2v) is 5.26. The summed E-state index contributed by atoms with van der Waals surface area (Å²) in [6.45, 7) is 0.500. The van der Waals surface area contributed by atoms with Gasteiger partial charge in [-0.3, -0.25) is 14.8 Å². The molecule has 0 saturated heterocycles. The Kier molecular flexibility index (Phi) is 4.19. The second-order valence-electron chi connectivity index (χ2n) is 5.26. The van der Waals surface area contributed by atoms with Gasteiger partial charge in [0.2, 0.25) is 0 Å². The quantitative estimate of drug-likeness (QED) is 0.743. The van der Waals surface area contributed by atoms with E-state index in [0.29, 0.717) is 12.1 Å². The Balaban J connectivity index is 1.86. The molecule has 0 bridgehead atoms.